The van der Waals surface area contributed by atoms with Crippen molar-refractivity contribution in [3.8, 4) is 0 Å². The van der Waals surface area contributed by atoms with Crippen molar-refractivity contribution in [2.45, 2.75) is 25.7 Å². The highest BCUT2D eigenvalue weighted by molar-refractivity contribution is 7.19. The lowest BCUT2D eigenvalue weighted by Gasteiger charge is -2.27. The molecule has 2 aliphatic rings. The van der Waals surface area contributed by atoms with Gasteiger partial charge in [0.2, 0.25) is 0 Å². The highest BCUT2D eigenvalue weighted by atomic mass is 32.1. The van der Waals surface area contributed by atoms with E-state index in [0.717, 1.165) is 13.1 Å². The van der Waals surface area contributed by atoms with Crippen LogP contribution in [0.25, 0.3) is 10.2 Å². The first kappa shape index (κ1) is 11.6. The van der Waals surface area contributed by atoms with Gasteiger partial charge in [-0.3, -0.25) is 0 Å². The number of fused-ring (bicyclic) bond motifs is 3. The lowest BCUT2D eigenvalue weighted by Crippen LogP contribution is -2.89. The zero-order valence-electron chi connectivity index (χ0n) is 11.1. The van der Waals surface area contributed by atoms with Crippen molar-refractivity contribution < 1.29 is 5.32 Å². The molecule has 5 heteroatoms. The van der Waals surface area contributed by atoms with E-state index in [0.29, 0.717) is 0 Å². The van der Waals surface area contributed by atoms with E-state index in [1.807, 2.05) is 11.3 Å². The van der Waals surface area contributed by atoms with Crippen LogP contribution in [0, 0.1) is 0 Å². The zero-order chi connectivity index (χ0) is 12.7. The molecule has 4 nitrogen and oxygen atoms in total. The Hall–Kier alpha value is -1.20. The first-order valence-electron chi connectivity index (χ1n) is 7.25. The van der Waals surface area contributed by atoms with E-state index in [1.54, 1.807) is 16.8 Å². The molecule has 2 N–H and O–H groups in total. The lowest BCUT2D eigenvalue weighted by molar-refractivity contribution is -0.655. The van der Waals surface area contributed by atoms with Crippen LogP contribution in [0.2, 0.25) is 0 Å². The molecule has 0 amide bonds. The van der Waals surface area contributed by atoms with Crippen molar-refractivity contribution in [1.82, 2.24) is 9.97 Å². The second kappa shape index (κ2) is 4.72. The number of anilines is 1. The van der Waals surface area contributed by atoms with Gasteiger partial charge in [-0.1, -0.05) is 0 Å². The number of nitrogens with zero attached hydrogens (tertiary/aromatic N) is 3. The average Bonchev–Trinajstić information content (AvgIpc) is 2.86. The summed E-state index contributed by atoms with van der Waals surface area (Å²) in [5, 5.41) is 3.75. The number of thiophene rings is 1. The third-order valence-corrected chi connectivity index (χ3v) is 5.44. The fraction of sp³-hybridized carbons (Fsp3) is 0.571. The van der Waals surface area contributed by atoms with Gasteiger partial charge >= 0.3 is 0 Å². The highest BCUT2D eigenvalue weighted by Gasteiger charge is 2.23. The maximum absolute atomic E-state index is 4.62. The molecular formula is C14H19N4S+. The van der Waals surface area contributed by atoms with Crippen molar-refractivity contribution in [1.29, 1.82) is 0 Å². The van der Waals surface area contributed by atoms with E-state index in [4.69, 9.17) is 0 Å². The summed E-state index contributed by atoms with van der Waals surface area (Å²) >= 11 is 1.89. The normalized spacial score (nSPS) is 19.7. The van der Waals surface area contributed by atoms with Gasteiger partial charge in [-0.2, -0.15) is 0 Å². The summed E-state index contributed by atoms with van der Waals surface area (Å²) in [5.41, 5.74) is 1.55. The van der Waals surface area contributed by atoms with Crippen LogP contribution < -0.4 is 10.2 Å². The molecule has 2 aromatic heterocycles. The molecular weight excluding hydrogens is 256 g/mol. The minimum Gasteiger partial charge on any atom is -0.345 e. The average molecular weight is 275 g/mol. The van der Waals surface area contributed by atoms with E-state index < -0.39 is 0 Å². The third-order valence-electron chi connectivity index (χ3n) is 4.24. The molecule has 0 unspecified atom stereocenters. The molecule has 1 aliphatic carbocycles. The molecule has 0 aromatic carbocycles. The molecule has 4 rings (SSSR count). The predicted molar refractivity (Wildman–Crippen MR) is 77.9 cm³/mol. The Labute approximate surface area is 116 Å². The molecule has 0 spiro atoms. The summed E-state index contributed by atoms with van der Waals surface area (Å²) in [6.07, 6.45) is 6.86. The van der Waals surface area contributed by atoms with Gasteiger partial charge in [0.25, 0.3) is 0 Å². The summed E-state index contributed by atoms with van der Waals surface area (Å²) in [6, 6.07) is 0. The minimum absolute atomic E-state index is 1.11. The van der Waals surface area contributed by atoms with Gasteiger partial charge in [0.15, 0.2) is 0 Å². The van der Waals surface area contributed by atoms with Gasteiger partial charge in [-0.05, 0) is 31.2 Å². The van der Waals surface area contributed by atoms with E-state index in [1.165, 1.54) is 54.8 Å². The van der Waals surface area contributed by atoms with Crippen molar-refractivity contribution in [2.24, 2.45) is 0 Å². The van der Waals surface area contributed by atoms with Crippen molar-refractivity contribution in [3.63, 3.8) is 0 Å². The number of quaternary nitrogens is 1. The number of aromatic nitrogens is 2. The van der Waals surface area contributed by atoms with Gasteiger partial charge in [0.1, 0.15) is 17.0 Å². The smallest absolute Gasteiger partial charge is 0.141 e. The Morgan fingerprint density at radius 1 is 1.11 bits per heavy atom. The molecule has 0 atom stereocenters. The number of piperazine rings is 1. The zero-order valence-corrected chi connectivity index (χ0v) is 11.9. The van der Waals surface area contributed by atoms with Crippen LogP contribution in [0.15, 0.2) is 6.33 Å². The van der Waals surface area contributed by atoms with Crippen LogP contribution in [0.5, 0.6) is 0 Å². The van der Waals surface area contributed by atoms with Crippen molar-refractivity contribution in [2.75, 3.05) is 31.1 Å². The molecule has 0 radical (unpaired) electrons. The Kier molecular flexibility index (Phi) is 2.89. The quantitative estimate of drug-likeness (QED) is 0.843. The van der Waals surface area contributed by atoms with Crippen LogP contribution in [0.4, 0.5) is 5.82 Å². The summed E-state index contributed by atoms with van der Waals surface area (Å²) in [4.78, 5) is 14.3. The monoisotopic (exact) mass is 275 g/mol. The Morgan fingerprint density at radius 2 is 1.95 bits per heavy atom. The number of aryl methyl sites for hydroxylation is 2. The minimum atomic E-state index is 1.11. The summed E-state index contributed by atoms with van der Waals surface area (Å²) in [6.45, 7) is 4.57. The fourth-order valence-corrected chi connectivity index (χ4v) is 4.50. The molecule has 100 valence electrons. The SMILES string of the molecule is c1nc(N2CC[NH2+]CC2)c2c3c(sc2n1)CCCC3. The second-order valence-electron chi connectivity index (χ2n) is 5.44. The molecule has 0 saturated carbocycles. The van der Waals surface area contributed by atoms with E-state index in [2.05, 4.69) is 20.2 Å². The Balaban J connectivity index is 1.87. The van der Waals surface area contributed by atoms with E-state index in [-0.39, 0.29) is 0 Å². The standard InChI is InChI=1S/C14H18N4S/c1-2-4-11-10(3-1)12-13(16-9-17-14(12)19-11)18-7-5-15-6-8-18/h9,15H,1-8H2/p+1. The Bertz CT molecular complexity index is 601. The fourth-order valence-electron chi connectivity index (χ4n) is 3.28. The maximum atomic E-state index is 4.62. The van der Waals surface area contributed by atoms with Gasteiger partial charge in [0.05, 0.1) is 31.6 Å². The first-order valence-corrected chi connectivity index (χ1v) is 8.07. The molecule has 2 aromatic rings. The van der Waals surface area contributed by atoms with Gasteiger partial charge < -0.3 is 10.2 Å². The number of rotatable bonds is 1. The molecule has 1 fully saturated rings. The van der Waals surface area contributed by atoms with Crippen LogP contribution in [0.1, 0.15) is 23.3 Å². The molecule has 0 bridgehead atoms. The van der Waals surface area contributed by atoms with Crippen LogP contribution >= 0.6 is 11.3 Å². The van der Waals surface area contributed by atoms with E-state index >= 15 is 0 Å². The third kappa shape index (κ3) is 1.92. The van der Waals surface area contributed by atoms with Gasteiger partial charge in [-0.25, -0.2) is 9.97 Å². The van der Waals surface area contributed by atoms with Crippen molar-refractivity contribution >= 4 is 27.4 Å². The summed E-state index contributed by atoms with van der Waals surface area (Å²) in [5.74, 6) is 1.19. The molecule has 19 heavy (non-hydrogen) atoms. The predicted octanol–water partition coefficient (Wildman–Crippen LogP) is 0.953. The largest absolute Gasteiger partial charge is 0.345 e. The molecule has 1 saturated heterocycles. The number of hydrogen-bond donors (Lipinski definition) is 1. The number of hydrogen-bond acceptors (Lipinski definition) is 4. The highest BCUT2D eigenvalue weighted by Crippen LogP contribution is 2.39. The van der Waals surface area contributed by atoms with Gasteiger partial charge in [0, 0.05) is 4.88 Å². The maximum Gasteiger partial charge on any atom is 0.141 e. The van der Waals surface area contributed by atoms with Crippen LogP contribution in [-0.4, -0.2) is 36.1 Å². The van der Waals surface area contributed by atoms with Crippen LogP contribution in [-0.2, 0) is 12.8 Å². The topological polar surface area (TPSA) is 45.6 Å². The first-order chi connectivity index (χ1) is 9.43. The lowest BCUT2D eigenvalue weighted by atomic mass is 9.97. The van der Waals surface area contributed by atoms with Crippen LogP contribution in [0.3, 0.4) is 0 Å². The Morgan fingerprint density at radius 3 is 2.84 bits per heavy atom. The number of nitrogens with two attached hydrogens (primary N) is 1. The second-order valence-corrected chi connectivity index (χ2v) is 6.53. The summed E-state index contributed by atoms with van der Waals surface area (Å²) in [7, 11) is 0. The van der Waals surface area contributed by atoms with Crippen molar-refractivity contribution in [3.05, 3.63) is 16.8 Å². The summed E-state index contributed by atoms with van der Waals surface area (Å²) < 4.78 is 0. The van der Waals surface area contributed by atoms with E-state index in [9.17, 15) is 0 Å². The van der Waals surface area contributed by atoms with Gasteiger partial charge in [-0.15, -0.1) is 11.3 Å². The molecule has 3 heterocycles. The molecule has 1 aliphatic heterocycles.